The number of hydrogen-bond acceptors (Lipinski definition) is 7. The number of carbonyl (C=O) groups excluding carboxylic acids is 5. The Morgan fingerprint density at radius 3 is 1.76 bits per heavy atom. The molecule has 2 atom stereocenters. The molecule has 2 aliphatic rings. The maximum atomic E-state index is 13.0. The van der Waals surface area contributed by atoms with Gasteiger partial charge in [-0.2, -0.15) is 0 Å². The van der Waals surface area contributed by atoms with E-state index in [1.165, 1.54) is 17.9 Å². The maximum absolute atomic E-state index is 13.0. The van der Waals surface area contributed by atoms with Gasteiger partial charge < -0.3 is 9.47 Å². The largest absolute Gasteiger partial charge is 0.461 e. The minimum Gasteiger partial charge on any atom is -0.461 e. The van der Waals surface area contributed by atoms with E-state index < -0.39 is 39.9 Å². The minimum atomic E-state index is -1.58. The first-order valence-corrected chi connectivity index (χ1v) is 15.0. The van der Waals surface area contributed by atoms with Crippen LogP contribution in [0.1, 0.15) is 88.9 Å². The van der Waals surface area contributed by atoms with Gasteiger partial charge in [-0.1, -0.05) is 69.5 Å². The molecule has 0 bridgehead atoms. The number of benzene rings is 2. The molecule has 1 unspecified atom stereocenters. The third kappa shape index (κ3) is 7.70. The van der Waals surface area contributed by atoms with Crippen LogP contribution in [0, 0.1) is 10.8 Å². The molecule has 0 spiro atoms. The molecule has 4 rings (SSSR count). The molecule has 2 saturated heterocycles. The van der Waals surface area contributed by atoms with Gasteiger partial charge in [0.2, 0.25) is 5.91 Å². The van der Waals surface area contributed by atoms with Crippen LogP contribution in [0.5, 0.6) is 0 Å². The van der Waals surface area contributed by atoms with Crippen LogP contribution in [-0.2, 0) is 23.9 Å². The fourth-order valence-electron chi connectivity index (χ4n) is 5.36. The van der Waals surface area contributed by atoms with Gasteiger partial charge >= 0.3 is 5.97 Å². The highest BCUT2D eigenvalue weighted by Gasteiger charge is 2.56. The van der Waals surface area contributed by atoms with Crippen molar-refractivity contribution in [1.29, 1.82) is 0 Å². The number of nitrogens with zero attached hydrogens (tertiary/aromatic N) is 2. The lowest BCUT2D eigenvalue weighted by Crippen LogP contribution is -2.65. The Balaban J connectivity index is 0.000000316. The Morgan fingerprint density at radius 1 is 0.783 bits per heavy atom. The summed E-state index contributed by atoms with van der Waals surface area (Å²) >= 11 is 0. The van der Waals surface area contributed by atoms with Crippen molar-refractivity contribution < 1.29 is 33.4 Å². The molecule has 0 aromatic heterocycles. The van der Waals surface area contributed by atoms with Crippen LogP contribution >= 0.6 is 0 Å². The number of hydrogen-bond donors (Lipinski definition) is 0. The van der Waals surface area contributed by atoms with Crippen molar-refractivity contribution >= 4 is 29.6 Å². The minimum absolute atomic E-state index is 0. The second-order valence-electron chi connectivity index (χ2n) is 12.9. The van der Waals surface area contributed by atoms with Crippen LogP contribution in [0.25, 0.3) is 0 Å². The summed E-state index contributed by atoms with van der Waals surface area (Å²) in [5, 5.41) is 0. The number of amides is 4. The predicted molar refractivity (Wildman–Crippen MR) is 177 cm³/mol. The van der Waals surface area contributed by atoms with Gasteiger partial charge in [0.25, 0.3) is 17.7 Å². The van der Waals surface area contributed by atoms with Gasteiger partial charge in [-0.05, 0) is 78.1 Å². The van der Waals surface area contributed by atoms with E-state index in [0.29, 0.717) is 17.5 Å². The monoisotopic (exact) mass is 632 g/mol. The summed E-state index contributed by atoms with van der Waals surface area (Å²) in [5.74, 6) is -2.20. The van der Waals surface area contributed by atoms with E-state index in [1.54, 1.807) is 62.4 Å². The van der Waals surface area contributed by atoms with E-state index in [-0.39, 0.29) is 32.5 Å². The van der Waals surface area contributed by atoms with Gasteiger partial charge in [0.05, 0.1) is 12.0 Å². The molecule has 0 radical (unpaired) electrons. The molecular weight excluding hydrogens is 584 g/mol. The highest BCUT2D eigenvalue weighted by Crippen LogP contribution is 2.42. The van der Waals surface area contributed by atoms with Gasteiger partial charge in [-0.15, -0.1) is 6.58 Å². The molecule has 2 aliphatic heterocycles. The van der Waals surface area contributed by atoms with Crippen LogP contribution in [0.2, 0.25) is 0 Å². The number of piperidine rings is 1. The van der Waals surface area contributed by atoms with Crippen molar-refractivity contribution in [3.05, 3.63) is 97.1 Å². The Kier molecular flexibility index (Phi) is 12.2. The second-order valence-corrected chi connectivity index (χ2v) is 12.9. The van der Waals surface area contributed by atoms with Gasteiger partial charge in [0.15, 0.2) is 5.41 Å². The molecule has 2 aromatic carbocycles. The van der Waals surface area contributed by atoms with Crippen molar-refractivity contribution in [2.24, 2.45) is 10.8 Å². The number of carbonyl (C=O) groups is 5. The van der Waals surface area contributed by atoms with E-state index in [2.05, 4.69) is 13.2 Å². The molecule has 2 heterocycles. The zero-order chi connectivity index (χ0) is 33.6. The van der Waals surface area contributed by atoms with Crippen LogP contribution < -0.4 is 0 Å². The number of esters is 1. The topological polar surface area (TPSA) is 110 Å². The first-order valence-electron chi connectivity index (χ1n) is 15.0. The van der Waals surface area contributed by atoms with Crippen molar-refractivity contribution in [3.63, 3.8) is 0 Å². The Morgan fingerprint density at radius 2 is 1.28 bits per heavy atom. The fourth-order valence-corrected chi connectivity index (χ4v) is 5.36. The third-order valence-corrected chi connectivity index (χ3v) is 8.37. The highest BCUT2D eigenvalue weighted by molar-refractivity contribution is 6.13. The third-order valence-electron chi connectivity index (χ3n) is 8.37. The summed E-state index contributed by atoms with van der Waals surface area (Å²) in [7, 11) is 0. The number of ether oxygens (including phenoxy) is 2. The molecule has 0 N–H and O–H groups in total. The second kappa shape index (κ2) is 14.8. The Bertz CT molecular complexity index is 1450. The van der Waals surface area contributed by atoms with Crippen molar-refractivity contribution in [1.82, 2.24) is 9.80 Å². The lowest BCUT2D eigenvalue weighted by atomic mass is 9.72. The molecule has 0 saturated carbocycles. The van der Waals surface area contributed by atoms with E-state index in [1.807, 2.05) is 39.0 Å². The summed E-state index contributed by atoms with van der Waals surface area (Å²) in [6, 6.07) is 17.4. The van der Waals surface area contributed by atoms with E-state index in [9.17, 15) is 24.0 Å². The zero-order valence-electron chi connectivity index (χ0n) is 27.1. The molecule has 248 valence electrons. The smallest absolute Gasteiger partial charge is 0.324 e. The predicted octanol–water partition coefficient (Wildman–Crippen LogP) is 6.60. The molecule has 46 heavy (non-hydrogen) atoms. The van der Waals surface area contributed by atoms with E-state index in [0.717, 1.165) is 17.7 Å². The molecule has 4 amide bonds. The van der Waals surface area contributed by atoms with Crippen molar-refractivity contribution in [2.75, 3.05) is 13.2 Å². The SMILES string of the molecule is C.C=CCOC(=O)C1(C)COC(C)(C)N(C(=O)c2ccccc2)C1=O.C=CC[C@]1(C)CCC(C)(C)N(C(=O)c2ccccc2)C1=O. The molecule has 9 nitrogen and oxygen atoms in total. The molecule has 2 aromatic rings. The van der Waals surface area contributed by atoms with E-state index in [4.69, 9.17) is 9.47 Å². The highest BCUT2D eigenvalue weighted by atomic mass is 16.6. The average Bonchev–Trinajstić information content (AvgIpc) is 3.01. The lowest BCUT2D eigenvalue weighted by Gasteiger charge is -2.48. The molecule has 2 fully saturated rings. The average molecular weight is 633 g/mol. The number of imide groups is 2. The van der Waals surface area contributed by atoms with Gasteiger partial charge in [-0.25, -0.2) is 4.90 Å². The first kappa shape index (κ1) is 37.8. The summed E-state index contributed by atoms with van der Waals surface area (Å²) in [4.78, 5) is 66.2. The summed E-state index contributed by atoms with van der Waals surface area (Å²) < 4.78 is 10.7. The number of rotatable bonds is 7. The molecule has 9 heteroatoms. The fraction of sp³-hybridized carbons (Fsp3) is 0.432. The number of likely N-dealkylation sites (tertiary alicyclic amines) is 1. The standard InChI is InChI=1S/C18H21NO5.C18H23NO2.CH4/c1-5-11-23-16(22)18(4)12-24-17(2,3)19(15(18)21)14(20)13-9-7-6-8-10-13;1-5-11-18(4)13-12-17(2,3)19(16(18)21)15(20)14-9-7-6-8-10-14;/h5-10H,1,11-12H2,2-4H3;5-10H,1,11-13H2,2-4H3;1H4/t;18-;/m.1./s1. The maximum Gasteiger partial charge on any atom is 0.324 e. The summed E-state index contributed by atoms with van der Waals surface area (Å²) in [5.41, 5.74) is -2.83. The lowest BCUT2D eigenvalue weighted by molar-refractivity contribution is -0.206. The van der Waals surface area contributed by atoms with E-state index >= 15 is 0 Å². The van der Waals surface area contributed by atoms with Gasteiger partial charge in [0.1, 0.15) is 12.3 Å². The Labute approximate surface area is 273 Å². The van der Waals surface area contributed by atoms with Gasteiger partial charge in [-0.3, -0.25) is 28.9 Å². The first-order chi connectivity index (χ1) is 21.1. The summed E-state index contributed by atoms with van der Waals surface area (Å²) in [6.07, 6.45) is 5.36. The Hall–Kier alpha value is -4.37. The quantitative estimate of drug-likeness (QED) is 0.146. The number of allylic oxidation sites excluding steroid dienone is 1. The van der Waals surface area contributed by atoms with Crippen LogP contribution in [0.15, 0.2) is 86.0 Å². The normalized spacial score (nSPS) is 23.2. The van der Waals surface area contributed by atoms with Crippen LogP contribution in [0.3, 0.4) is 0 Å². The van der Waals surface area contributed by atoms with Crippen molar-refractivity contribution in [3.8, 4) is 0 Å². The van der Waals surface area contributed by atoms with Crippen LogP contribution in [0.4, 0.5) is 0 Å². The van der Waals surface area contributed by atoms with Crippen LogP contribution in [-0.4, -0.2) is 63.9 Å². The summed E-state index contributed by atoms with van der Waals surface area (Å²) in [6.45, 7) is 17.5. The molecule has 0 aliphatic carbocycles. The van der Waals surface area contributed by atoms with Gasteiger partial charge in [0, 0.05) is 16.7 Å². The molecular formula is C37H48N2O7. The van der Waals surface area contributed by atoms with Crippen molar-refractivity contribution in [2.45, 2.75) is 79.5 Å². The zero-order valence-corrected chi connectivity index (χ0v) is 27.1.